The molecule has 3 rings (SSSR count). The Morgan fingerprint density at radius 2 is 1.95 bits per heavy atom. The summed E-state index contributed by atoms with van der Waals surface area (Å²) in [6.45, 7) is 0.0383. The van der Waals surface area contributed by atoms with Gasteiger partial charge in [-0.3, -0.25) is 9.79 Å². The smallest absolute Gasteiger partial charge is 0.246 e. The number of hydrogen-bond donors (Lipinski definition) is 1. The number of carbonyl (C=O) groups is 1. The normalized spacial score (nSPS) is 14.1. The zero-order valence-electron chi connectivity index (χ0n) is 10.4. The van der Waals surface area contributed by atoms with Gasteiger partial charge in [-0.1, -0.05) is 18.2 Å². The molecule has 0 atom stereocenters. The van der Waals surface area contributed by atoms with Gasteiger partial charge >= 0.3 is 0 Å². The zero-order chi connectivity index (χ0) is 14.1. The van der Waals surface area contributed by atoms with Gasteiger partial charge in [0.05, 0.1) is 11.4 Å². The number of halogens is 2. The Morgan fingerprint density at radius 3 is 2.75 bits per heavy atom. The van der Waals surface area contributed by atoms with E-state index in [-0.39, 0.29) is 18.3 Å². The fraction of sp³-hybridized carbons (Fsp3) is 0.0667. The SMILES string of the molecule is O=C1CN=C(c2ccccc2I)c2cc(F)ccc2N1. The molecule has 0 saturated heterocycles. The van der Waals surface area contributed by atoms with Crippen LogP contribution in [0.5, 0.6) is 0 Å². The van der Waals surface area contributed by atoms with Crippen LogP contribution < -0.4 is 5.32 Å². The first-order valence-electron chi connectivity index (χ1n) is 6.04. The lowest BCUT2D eigenvalue weighted by Gasteiger charge is -2.11. The minimum absolute atomic E-state index is 0.0383. The van der Waals surface area contributed by atoms with Gasteiger partial charge in [-0.15, -0.1) is 0 Å². The molecule has 0 aliphatic carbocycles. The van der Waals surface area contributed by atoms with Crippen LogP contribution in [0.2, 0.25) is 0 Å². The molecule has 0 saturated carbocycles. The summed E-state index contributed by atoms with van der Waals surface area (Å²) >= 11 is 2.21. The minimum atomic E-state index is -0.349. The molecule has 0 aromatic heterocycles. The number of aliphatic imine (C=N–C) groups is 1. The first-order valence-corrected chi connectivity index (χ1v) is 7.12. The Bertz CT molecular complexity index is 728. The van der Waals surface area contributed by atoms with E-state index in [9.17, 15) is 9.18 Å². The standard InChI is InChI=1S/C15H10FIN2O/c16-9-5-6-13-11(7-9)15(18-8-14(20)19-13)10-3-1-2-4-12(10)17/h1-7H,8H2,(H,19,20). The van der Waals surface area contributed by atoms with E-state index in [0.717, 1.165) is 9.13 Å². The molecule has 3 nitrogen and oxygen atoms in total. The van der Waals surface area contributed by atoms with Crippen molar-refractivity contribution in [2.75, 3.05) is 11.9 Å². The van der Waals surface area contributed by atoms with Gasteiger partial charge in [0.1, 0.15) is 12.4 Å². The summed E-state index contributed by atoms with van der Waals surface area (Å²) in [6, 6.07) is 12.0. The summed E-state index contributed by atoms with van der Waals surface area (Å²) in [5, 5.41) is 2.75. The van der Waals surface area contributed by atoms with E-state index in [0.29, 0.717) is 17.0 Å². The van der Waals surface area contributed by atoms with Crippen molar-refractivity contribution in [2.24, 2.45) is 4.99 Å². The Balaban J connectivity index is 2.23. The predicted octanol–water partition coefficient (Wildman–Crippen LogP) is 3.22. The Morgan fingerprint density at radius 1 is 1.15 bits per heavy atom. The fourth-order valence-electron chi connectivity index (χ4n) is 2.13. The minimum Gasteiger partial charge on any atom is -0.324 e. The van der Waals surface area contributed by atoms with Crippen molar-refractivity contribution >= 4 is 39.9 Å². The molecule has 0 bridgehead atoms. The molecule has 2 aromatic carbocycles. The van der Waals surface area contributed by atoms with Gasteiger partial charge < -0.3 is 5.32 Å². The molecule has 1 heterocycles. The van der Waals surface area contributed by atoms with E-state index in [4.69, 9.17) is 0 Å². The molecule has 20 heavy (non-hydrogen) atoms. The molecule has 1 amide bonds. The maximum Gasteiger partial charge on any atom is 0.246 e. The van der Waals surface area contributed by atoms with E-state index in [1.807, 2.05) is 24.3 Å². The zero-order valence-corrected chi connectivity index (χ0v) is 12.5. The highest BCUT2D eigenvalue weighted by Gasteiger charge is 2.19. The number of nitrogens with one attached hydrogen (secondary N) is 1. The molecule has 0 spiro atoms. The molecule has 5 heteroatoms. The lowest BCUT2D eigenvalue weighted by Crippen LogP contribution is -2.13. The summed E-state index contributed by atoms with van der Waals surface area (Å²) < 4.78 is 14.6. The van der Waals surface area contributed by atoms with Crippen molar-refractivity contribution in [1.82, 2.24) is 0 Å². The number of hydrogen-bond acceptors (Lipinski definition) is 2. The molecule has 1 aliphatic heterocycles. The summed E-state index contributed by atoms with van der Waals surface area (Å²) in [7, 11) is 0. The molecule has 2 aromatic rings. The largest absolute Gasteiger partial charge is 0.324 e. The van der Waals surface area contributed by atoms with E-state index in [1.54, 1.807) is 6.07 Å². The van der Waals surface area contributed by atoms with E-state index in [1.165, 1.54) is 12.1 Å². The van der Waals surface area contributed by atoms with E-state index in [2.05, 4.69) is 32.9 Å². The number of rotatable bonds is 1. The number of nitrogens with zero attached hydrogens (tertiary/aromatic N) is 1. The van der Waals surface area contributed by atoms with Gasteiger partial charge in [0, 0.05) is 14.7 Å². The van der Waals surface area contributed by atoms with Gasteiger partial charge in [-0.25, -0.2) is 4.39 Å². The number of amides is 1. The second-order valence-corrected chi connectivity index (χ2v) is 5.54. The van der Waals surface area contributed by atoms with Crippen LogP contribution in [0.25, 0.3) is 0 Å². The highest BCUT2D eigenvalue weighted by atomic mass is 127. The Labute approximate surface area is 129 Å². The van der Waals surface area contributed by atoms with Crippen LogP contribution in [0.3, 0.4) is 0 Å². The molecule has 0 fully saturated rings. The van der Waals surface area contributed by atoms with E-state index < -0.39 is 0 Å². The first-order chi connectivity index (χ1) is 9.65. The van der Waals surface area contributed by atoms with Gasteiger partial charge in [0.25, 0.3) is 0 Å². The van der Waals surface area contributed by atoms with Crippen molar-refractivity contribution in [3.63, 3.8) is 0 Å². The molecular formula is C15H10FIN2O. The lowest BCUT2D eigenvalue weighted by atomic mass is 10.0. The van der Waals surface area contributed by atoms with E-state index >= 15 is 0 Å². The van der Waals surface area contributed by atoms with Gasteiger partial charge in [0.2, 0.25) is 5.91 Å². The van der Waals surface area contributed by atoms with Crippen LogP contribution >= 0.6 is 22.6 Å². The molecule has 0 unspecified atom stereocenters. The third-order valence-electron chi connectivity index (χ3n) is 3.02. The molecule has 100 valence electrons. The molecular weight excluding hydrogens is 370 g/mol. The highest BCUT2D eigenvalue weighted by Crippen LogP contribution is 2.25. The molecule has 1 N–H and O–H groups in total. The average molecular weight is 380 g/mol. The van der Waals surface area contributed by atoms with Gasteiger partial charge in [-0.2, -0.15) is 0 Å². The van der Waals surface area contributed by atoms with Crippen LogP contribution in [0, 0.1) is 9.39 Å². The second kappa shape index (κ2) is 5.32. The van der Waals surface area contributed by atoms with Crippen molar-refractivity contribution < 1.29 is 9.18 Å². The monoisotopic (exact) mass is 380 g/mol. The van der Waals surface area contributed by atoms with Crippen LogP contribution in [0.1, 0.15) is 11.1 Å². The number of benzodiazepines with no additional fused rings is 1. The summed E-state index contributed by atoms with van der Waals surface area (Å²) in [6.07, 6.45) is 0. The average Bonchev–Trinajstić information content (AvgIpc) is 2.58. The number of anilines is 1. The highest BCUT2D eigenvalue weighted by molar-refractivity contribution is 14.1. The van der Waals surface area contributed by atoms with Crippen molar-refractivity contribution in [2.45, 2.75) is 0 Å². The number of carbonyl (C=O) groups excluding carboxylic acids is 1. The van der Waals surface area contributed by atoms with Crippen molar-refractivity contribution in [3.05, 3.63) is 63.0 Å². The fourth-order valence-corrected chi connectivity index (χ4v) is 2.77. The summed E-state index contributed by atoms with van der Waals surface area (Å²) in [5.41, 5.74) is 2.74. The molecule has 0 radical (unpaired) electrons. The van der Waals surface area contributed by atoms with Crippen LogP contribution in [0.15, 0.2) is 47.5 Å². The quantitative estimate of drug-likeness (QED) is 0.759. The third kappa shape index (κ3) is 2.45. The first kappa shape index (κ1) is 13.2. The summed E-state index contributed by atoms with van der Waals surface area (Å²) in [4.78, 5) is 16.0. The van der Waals surface area contributed by atoms with Gasteiger partial charge in [0.15, 0.2) is 0 Å². The number of benzene rings is 2. The second-order valence-electron chi connectivity index (χ2n) is 4.38. The lowest BCUT2D eigenvalue weighted by molar-refractivity contribution is -0.114. The maximum absolute atomic E-state index is 13.5. The van der Waals surface area contributed by atoms with Crippen LogP contribution in [-0.2, 0) is 4.79 Å². The maximum atomic E-state index is 13.5. The van der Waals surface area contributed by atoms with Crippen molar-refractivity contribution in [1.29, 1.82) is 0 Å². The van der Waals surface area contributed by atoms with Crippen LogP contribution in [-0.4, -0.2) is 18.2 Å². The number of fused-ring (bicyclic) bond motifs is 1. The van der Waals surface area contributed by atoms with Gasteiger partial charge in [-0.05, 0) is 46.9 Å². The van der Waals surface area contributed by atoms with Crippen LogP contribution in [0.4, 0.5) is 10.1 Å². The predicted molar refractivity (Wildman–Crippen MR) is 84.7 cm³/mol. The topological polar surface area (TPSA) is 41.5 Å². The Hall–Kier alpha value is -1.76. The summed E-state index contributed by atoms with van der Waals surface area (Å²) in [5.74, 6) is -0.544. The molecule has 1 aliphatic rings. The van der Waals surface area contributed by atoms with Crippen molar-refractivity contribution in [3.8, 4) is 0 Å². The Kier molecular flexibility index (Phi) is 3.52. The third-order valence-corrected chi connectivity index (χ3v) is 3.96.